The van der Waals surface area contributed by atoms with Gasteiger partial charge in [0.15, 0.2) is 5.82 Å². The lowest BCUT2D eigenvalue weighted by Crippen LogP contribution is -2.45. The predicted octanol–water partition coefficient (Wildman–Crippen LogP) is 4.65. The van der Waals surface area contributed by atoms with Crippen LogP contribution in [0.2, 0.25) is 0 Å². The monoisotopic (exact) mass is 426 g/mol. The Morgan fingerprint density at radius 3 is 1.53 bits per heavy atom. The van der Waals surface area contributed by atoms with E-state index in [0.29, 0.717) is 4.90 Å². The van der Waals surface area contributed by atoms with E-state index >= 15 is 0 Å². The number of hydrogen-bond donors (Lipinski definition) is 1. The van der Waals surface area contributed by atoms with Gasteiger partial charge in [-0.25, -0.2) is 23.7 Å². The zero-order valence-electron chi connectivity index (χ0n) is 18.9. The van der Waals surface area contributed by atoms with Gasteiger partial charge in [0.1, 0.15) is 22.4 Å². The van der Waals surface area contributed by atoms with Crippen molar-refractivity contribution >= 4 is 30.1 Å². The van der Waals surface area contributed by atoms with Gasteiger partial charge < -0.3 is 19.3 Å². The number of carboxylic acid groups (broad SMARTS) is 1. The van der Waals surface area contributed by atoms with Crippen LogP contribution in [0.1, 0.15) is 72.7 Å². The molecule has 168 valence electrons. The van der Waals surface area contributed by atoms with Gasteiger partial charge in [-0.3, -0.25) is 0 Å². The van der Waals surface area contributed by atoms with Crippen LogP contribution >= 0.6 is 0 Å². The van der Waals surface area contributed by atoms with Crippen molar-refractivity contribution in [1.29, 1.82) is 0 Å². The number of nitrogens with zero attached hydrogens (tertiary/aromatic N) is 2. The number of anilines is 1. The summed E-state index contributed by atoms with van der Waals surface area (Å²) in [5, 5.41) is 9.57. The van der Waals surface area contributed by atoms with Gasteiger partial charge in [-0.2, -0.15) is 4.90 Å². The summed E-state index contributed by atoms with van der Waals surface area (Å²) in [6.07, 6.45) is -2.30. The second-order valence-corrected chi connectivity index (χ2v) is 9.50. The topological polar surface area (TPSA) is 124 Å². The van der Waals surface area contributed by atoms with Gasteiger partial charge in [-0.1, -0.05) is 0 Å². The Bertz CT molecular complexity index is 806. The molecule has 0 unspecified atom stereocenters. The molecule has 1 aromatic heterocycles. The third-order valence-electron chi connectivity index (χ3n) is 3.04. The van der Waals surface area contributed by atoms with Crippen molar-refractivity contribution in [3.63, 3.8) is 0 Å². The molecular formula is C20H30N2O8. The van der Waals surface area contributed by atoms with Crippen LogP contribution in [-0.2, 0) is 14.2 Å². The summed E-state index contributed by atoms with van der Waals surface area (Å²) >= 11 is 0. The lowest BCUT2D eigenvalue weighted by atomic mass is 10.2. The number of carboxylic acids is 1. The van der Waals surface area contributed by atoms with Crippen LogP contribution in [0, 0.1) is 0 Å². The lowest BCUT2D eigenvalue weighted by Gasteiger charge is -2.29. The van der Waals surface area contributed by atoms with Crippen LogP contribution < -0.4 is 4.90 Å². The molecule has 10 heteroatoms. The number of amides is 2. The van der Waals surface area contributed by atoms with Gasteiger partial charge in [0, 0.05) is 6.20 Å². The maximum atomic E-state index is 12.9. The smallest absolute Gasteiger partial charge is 0.425 e. The molecule has 2 amide bonds. The molecule has 0 bridgehead atoms. The molecule has 0 saturated heterocycles. The molecule has 0 aliphatic carbocycles. The summed E-state index contributed by atoms with van der Waals surface area (Å²) in [5.74, 6) is -2.02. The molecule has 10 nitrogen and oxygen atoms in total. The minimum absolute atomic E-state index is 0.379. The zero-order valence-corrected chi connectivity index (χ0v) is 18.9. The van der Waals surface area contributed by atoms with Crippen molar-refractivity contribution in [1.82, 2.24) is 4.57 Å². The first-order chi connectivity index (χ1) is 13.3. The van der Waals surface area contributed by atoms with Gasteiger partial charge in [0.25, 0.3) is 0 Å². The van der Waals surface area contributed by atoms with Crippen LogP contribution in [0.3, 0.4) is 0 Å². The Hall–Kier alpha value is -3.04. The lowest BCUT2D eigenvalue weighted by molar-refractivity contribution is 0.0425. The fourth-order valence-corrected chi connectivity index (χ4v) is 2.14. The minimum atomic E-state index is -1.47. The number of carbonyl (C=O) groups excluding carboxylic acids is 3. The number of hydrogen-bond acceptors (Lipinski definition) is 7. The average molecular weight is 426 g/mol. The Balaban J connectivity index is 3.66. The van der Waals surface area contributed by atoms with Crippen molar-refractivity contribution in [2.75, 3.05) is 4.90 Å². The van der Waals surface area contributed by atoms with Crippen LogP contribution in [0.25, 0.3) is 0 Å². The van der Waals surface area contributed by atoms with E-state index in [1.807, 2.05) is 0 Å². The van der Waals surface area contributed by atoms with E-state index in [2.05, 4.69) is 0 Å². The van der Waals surface area contributed by atoms with E-state index in [0.717, 1.165) is 16.8 Å². The van der Waals surface area contributed by atoms with E-state index in [9.17, 15) is 24.3 Å². The molecule has 0 saturated carbocycles. The van der Waals surface area contributed by atoms with E-state index < -0.39 is 52.4 Å². The first-order valence-electron chi connectivity index (χ1n) is 9.26. The van der Waals surface area contributed by atoms with E-state index in [-0.39, 0.29) is 0 Å². The highest BCUT2D eigenvalue weighted by atomic mass is 16.6. The Kier molecular flexibility index (Phi) is 6.97. The maximum absolute atomic E-state index is 12.9. The molecule has 0 spiro atoms. The van der Waals surface area contributed by atoms with Crippen molar-refractivity contribution in [2.24, 2.45) is 0 Å². The third kappa shape index (κ3) is 7.09. The molecule has 0 aliphatic heterocycles. The molecule has 0 radical (unpaired) electrons. The van der Waals surface area contributed by atoms with Crippen molar-refractivity contribution < 1.29 is 38.5 Å². The number of ether oxygens (including phenoxy) is 3. The fraction of sp³-hybridized carbons (Fsp3) is 0.600. The molecule has 0 aromatic carbocycles. The molecule has 1 aromatic rings. The number of aromatic nitrogens is 1. The predicted molar refractivity (Wildman–Crippen MR) is 108 cm³/mol. The van der Waals surface area contributed by atoms with Crippen molar-refractivity contribution in [3.8, 4) is 0 Å². The Morgan fingerprint density at radius 2 is 1.20 bits per heavy atom. The maximum Gasteiger partial charge on any atom is 0.425 e. The van der Waals surface area contributed by atoms with E-state index in [1.54, 1.807) is 62.3 Å². The SMILES string of the molecule is CC(C)(C)OC(=O)N(C(=O)OC(C)(C)C)c1c(C(=O)O)ccn1C(=O)OC(C)(C)C. The second kappa shape index (κ2) is 8.37. The number of aromatic carboxylic acids is 1. The summed E-state index contributed by atoms with van der Waals surface area (Å²) in [5.41, 5.74) is -3.42. The molecule has 1 rings (SSSR count). The minimum Gasteiger partial charge on any atom is -0.478 e. The summed E-state index contributed by atoms with van der Waals surface area (Å²) in [7, 11) is 0. The second-order valence-electron chi connectivity index (χ2n) is 9.50. The van der Waals surface area contributed by atoms with Crippen LogP contribution in [0.5, 0.6) is 0 Å². The summed E-state index contributed by atoms with van der Waals surface area (Å²) in [6.45, 7) is 14.3. The molecular weight excluding hydrogens is 396 g/mol. The van der Waals surface area contributed by atoms with Gasteiger partial charge in [-0.15, -0.1) is 0 Å². The highest BCUT2D eigenvalue weighted by Crippen LogP contribution is 2.28. The third-order valence-corrected chi connectivity index (χ3v) is 3.04. The average Bonchev–Trinajstić information content (AvgIpc) is 2.86. The summed E-state index contributed by atoms with van der Waals surface area (Å²) in [6, 6.07) is 1.07. The van der Waals surface area contributed by atoms with Gasteiger partial charge in [0.2, 0.25) is 0 Å². The van der Waals surface area contributed by atoms with Gasteiger partial charge >= 0.3 is 24.2 Å². The molecule has 0 fully saturated rings. The summed E-state index contributed by atoms with van der Waals surface area (Å²) in [4.78, 5) is 50.5. The molecule has 0 atom stereocenters. The van der Waals surface area contributed by atoms with E-state index in [1.165, 1.54) is 0 Å². The van der Waals surface area contributed by atoms with E-state index in [4.69, 9.17) is 14.2 Å². The molecule has 30 heavy (non-hydrogen) atoms. The zero-order chi connectivity index (χ0) is 23.7. The Labute approximate surface area is 175 Å². The van der Waals surface area contributed by atoms with Crippen molar-refractivity contribution in [3.05, 3.63) is 17.8 Å². The number of carbonyl (C=O) groups is 4. The normalized spacial score (nSPS) is 12.2. The molecule has 1 heterocycles. The highest BCUT2D eigenvalue weighted by molar-refractivity contribution is 6.13. The quantitative estimate of drug-likeness (QED) is 0.678. The van der Waals surface area contributed by atoms with Crippen LogP contribution in [0.15, 0.2) is 12.3 Å². The first kappa shape index (κ1) is 25.0. The van der Waals surface area contributed by atoms with Gasteiger partial charge in [-0.05, 0) is 68.4 Å². The standard InChI is InChI=1S/C20H30N2O8/c1-18(2,3)28-15(25)21-11-10-12(14(23)24)13(21)22(16(26)29-19(4,5)6)17(27)30-20(7,8)9/h10-11H,1-9H3,(H,23,24). The van der Waals surface area contributed by atoms with Crippen molar-refractivity contribution in [2.45, 2.75) is 79.1 Å². The number of rotatable bonds is 2. The molecule has 0 aliphatic rings. The highest BCUT2D eigenvalue weighted by Gasteiger charge is 2.39. The van der Waals surface area contributed by atoms with Gasteiger partial charge in [0.05, 0.1) is 0 Å². The van der Waals surface area contributed by atoms with Crippen LogP contribution in [0.4, 0.5) is 20.2 Å². The Morgan fingerprint density at radius 1 is 0.800 bits per heavy atom. The largest absolute Gasteiger partial charge is 0.478 e. The first-order valence-corrected chi connectivity index (χ1v) is 9.26. The molecule has 1 N–H and O–H groups in total. The number of imide groups is 1. The summed E-state index contributed by atoms with van der Waals surface area (Å²) < 4.78 is 16.5. The van der Waals surface area contributed by atoms with Crippen LogP contribution in [-0.4, -0.2) is 50.7 Å². The fourth-order valence-electron chi connectivity index (χ4n) is 2.14.